The van der Waals surface area contributed by atoms with Gasteiger partial charge in [-0.2, -0.15) is 0 Å². The van der Waals surface area contributed by atoms with E-state index in [0.717, 1.165) is 5.56 Å². The van der Waals surface area contributed by atoms with Crippen LogP contribution in [0.15, 0.2) is 18.2 Å². The molecule has 0 atom stereocenters. The zero-order chi connectivity index (χ0) is 9.14. The molecular formula is C8H9N2O2-. The maximum Gasteiger partial charge on any atom is 0.0716 e. The Labute approximate surface area is 70.0 Å². The molecule has 12 heavy (non-hydrogen) atoms. The minimum atomic E-state index is -1.20. The van der Waals surface area contributed by atoms with Crippen molar-refractivity contribution in [3.8, 4) is 0 Å². The predicted molar refractivity (Wildman–Crippen MR) is 43.3 cm³/mol. The summed E-state index contributed by atoms with van der Waals surface area (Å²) in [6.45, 7) is 1.83. The zero-order valence-electron chi connectivity index (χ0n) is 6.63. The van der Waals surface area contributed by atoms with Crippen molar-refractivity contribution in [3.05, 3.63) is 29.3 Å². The van der Waals surface area contributed by atoms with Crippen LogP contribution < -0.4 is 16.4 Å². The second kappa shape index (κ2) is 3.23. The molecule has 4 heteroatoms. The highest BCUT2D eigenvalue weighted by Crippen LogP contribution is 2.14. The smallest absolute Gasteiger partial charge is 0.0716 e. The van der Waals surface area contributed by atoms with Crippen molar-refractivity contribution in [1.82, 2.24) is 0 Å². The van der Waals surface area contributed by atoms with Crippen molar-refractivity contribution >= 4 is 11.7 Å². The summed E-state index contributed by atoms with van der Waals surface area (Å²) in [7, 11) is 0. The molecule has 0 aliphatic heterocycles. The van der Waals surface area contributed by atoms with Gasteiger partial charge in [0, 0.05) is 0 Å². The van der Waals surface area contributed by atoms with Crippen LogP contribution in [0.2, 0.25) is 0 Å². The number of nitrogens with one attached hydrogen (secondary N) is 1. The van der Waals surface area contributed by atoms with Crippen molar-refractivity contribution in [1.29, 1.82) is 0 Å². The van der Waals surface area contributed by atoms with E-state index in [4.69, 9.17) is 5.84 Å². The lowest BCUT2D eigenvalue weighted by atomic mass is 10.1. The molecule has 1 rings (SSSR count). The SMILES string of the molecule is Cc1ccc(C(=O)[O-])cc1NN. The number of carboxylic acid groups (broad SMARTS) is 1. The van der Waals surface area contributed by atoms with E-state index in [1.54, 1.807) is 6.07 Å². The van der Waals surface area contributed by atoms with E-state index in [-0.39, 0.29) is 5.56 Å². The highest BCUT2D eigenvalue weighted by atomic mass is 16.4. The Morgan fingerprint density at radius 3 is 2.75 bits per heavy atom. The molecule has 0 bridgehead atoms. The first-order chi connectivity index (χ1) is 5.65. The van der Waals surface area contributed by atoms with Gasteiger partial charge in [0.2, 0.25) is 0 Å². The Kier molecular flexibility index (Phi) is 2.30. The number of nitrogens with two attached hydrogens (primary N) is 1. The third-order valence-corrected chi connectivity index (χ3v) is 1.63. The van der Waals surface area contributed by atoms with E-state index in [9.17, 15) is 9.90 Å². The van der Waals surface area contributed by atoms with Crippen molar-refractivity contribution < 1.29 is 9.90 Å². The molecule has 0 aliphatic carbocycles. The number of hydrogen-bond acceptors (Lipinski definition) is 4. The Balaban J connectivity index is 3.13. The summed E-state index contributed by atoms with van der Waals surface area (Å²) in [6.07, 6.45) is 0. The minimum Gasteiger partial charge on any atom is -0.545 e. The molecule has 64 valence electrons. The first-order valence-corrected chi connectivity index (χ1v) is 3.43. The number of carbonyl (C=O) groups is 1. The molecule has 0 unspecified atom stereocenters. The van der Waals surface area contributed by atoms with Gasteiger partial charge in [0.15, 0.2) is 0 Å². The second-order valence-electron chi connectivity index (χ2n) is 2.46. The topological polar surface area (TPSA) is 78.2 Å². The van der Waals surface area contributed by atoms with Crippen molar-refractivity contribution in [2.24, 2.45) is 5.84 Å². The van der Waals surface area contributed by atoms with Crippen LogP contribution in [0.3, 0.4) is 0 Å². The maximum atomic E-state index is 10.4. The van der Waals surface area contributed by atoms with Gasteiger partial charge in [-0.05, 0) is 24.1 Å². The minimum absolute atomic E-state index is 0.119. The lowest BCUT2D eigenvalue weighted by molar-refractivity contribution is -0.255. The largest absolute Gasteiger partial charge is 0.545 e. The van der Waals surface area contributed by atoms with Crippen LogP contribution in [0, 0.1) is 6.92 Å². The molecule has 0 amide bonds. The molecule has 0 saturated carbocycles. The fraction of sp³-hybridized carbons (Fsp3) is 0.125. The summed E-state index contributed by atoms with van der Waals surface area (Å²) in [5.74, 6) is 3.95. The monoisotopic (exact) mass is 165 g/mol. The summed E-state index contributed by atoms with van der Waals surface area (Å²) >= 11 is 0. The van der Waals surface area contributed by atoms with Crippen molar-refractivity contribution in [3.63, 3.8) is 0 Å². The summed E-state index contributed by atoms with van der Waals surface area (Å²) in [4.78, 5) is 10.4. The number of carbonyl (C=O) groups excluding carboxylic acids is 1. The van der Waals surface area contributed by atoms with Gasteiger partial charge in [-0.1, -0.05) is 12.1 Å². The molecule has 0 fully saturated rings. The summed E-state index contributed by atoms with van der Waals surface area (Å²) < 4.78 is 0. The van der Waals surface area contributed by atoms with Gasteiger partial charge in [0.05, 0.1) is 11.7 Å². The second-order valence-corrected chi connectivity index (χ2v) is 2.46. The number of aromatic carboxylic acids is 1. The third kappa shape index (κ3) is 1.54. The molecule has 1 aromatic rings. The lowest BCUT2D eigenvalue weighted by Gasteiger charge is -2.07. The summed E-state index contributed by atoms with van der Waals surface area (Å²) in [5, 5.41) is 10.4. The van der Waals surface area contributed by atoms with Gasteiger partial charge >= 0.3 is 0 Å². The number of hydrazine groups is 1. The van der Waals surface area contributed by atoms with E-state index in [0.29, 0.717) is 5.69 Å². The standard InChI is InChI=1S/C8H10N2O2/c1-5-2-3-6(8(11)12)4-7(5)10-9/h2-4,10H,9H2,1H3,(H,11,12)/p-1. The third-order valence-electron chi connectivity index (χ3n) is 1.63. The van der Waals surface area contributed by atoms with Crippen LogP contribution in [-0.2, 0) is 0 Å². The summed E-state index contributed by atoms with van der Waals surface area (Å²) in [6, 6.07) is 4.58. The number of carboxylic acids is 1. The Hall–Kier alpha value is -1.55. The molecule has 3 N–H and O–H groups in total. The highest BCUT2D eigenvalue weighted by molar-refractivity contribution is 5.87. The fourth-order valence-corrected chi connectivity index (χ4v) is 0.904. The number of benzene rings is 1. The molecular weight excluding hydrogens is 156 g/mol. The highest BCUT2D eigenvalue weighted by Gasteiger charge is 1.98. The molecule has 0 radical (unpaired) electrons. The van der Waals surface area contributed by atoms with Crippen molar-refractivity contribution in [2.75, 3.05) is 5.43 Å². The van der Waals surface area contributed by atoms with Crippen LogP contribution in [0.1, 0.15) is 15.9 Å². The van der Waals surface area contributed by atoms with E-state index < -0.39 is 5.97 Å². The number of hydrogen-bond donors (Lipinski definition) is 2. The number of rotatable bonds is 2. The van der Waals surface area contributed by atoms with Crippen LogP contribution in [0.5, 0.6) is 0 Å². The number of nitrogen functional groups attached to an aromatic ring is 1. The predicted octanol–water partition coefficient (Wildman–Crippen LogP) is -0.356. The normalized spacial score (nSPS) is 9.50. The molecule has 0 aliphatic rings. The van der Waals surface area contributed by atoms with Crippen LogP contribution >= 0.6 is 0 Å². The first-order valence-electron chi connectivity index (χ1n) is 3.43. The van der Waals surface area contributed by atoms with Crippen LogP contribution in [0.25, 0.3) is 0 Å². The maximum absolute atomic E-state index is 10.4. The van der Waals surface area contributed by atoms with Crippen molar-refractivity contribution in [2.45, 2.75) is 6.92 Å². The van der Waals surface area contributed by atoms with Gasteiger partial charge in [-0.25, -0.2) is 0 Å². The van der Waals surface area contributed by atoms with Crippen LogP contribution in [-0.4, -0.2) is 5.97 Å². The first kappa shape index (κ1) is 8.55. The Morgan fingerprint density at radius 1 is 1.58 bits per heavy atom. The molecule has 1 aromatic carbocycles. The quantitative estimate of drug-likeness (QED) is 0.463. The van der Waals surface area contributed by atoms with Gasteiger partial charge < -0.3 is 15.3 Å². The van der Waals surface area contributed by atoms with E-state index in [1.807, 2.05) is 6.92 Å². The Morgan fingerprint density at radius 2 is 2.25 bits per heavy atom. The molecule has 4 nitrogen and oxygen atoms in total. The molecule has 0 heterocycles. The molecule has 0 aromatic heterocycles. The van der Waals surface area contributed by atoms with Gasteiger partial charge in [0.1, 0.15) is 0 Å². The number of anilines is 1. The van der Waals surface area contributed by atoms with Gasteiger partial charge in [-0.3, -0.25) is 5.84 Å². The zero-order valence-corrected chi connectivity index (χ0v) is 6.63. The summed E-state index contributed by atoms with van der Waals surface area (Å²) in [5.41, 5.74) is 4.00. The number of aryl methyl sites for hydroxylation is 1. The molecule has 0 saturated heterocycles. The van der Waals surface area contributed by atoms with E-state index in [2.05, 4.69) is 5.43 Å². The molecule has 0 spiro atoms. The Bertz CT molecular complexity index is 310. The average molecular weight is 165 g/mol. The van der Waals surface area contributed by atoms with E-state index >= 15 is 0 Å². The van der Waals surface area contributed by atoms with Gasteiger partial charge in [-0.15, -0.1) is 0 Å². The van der Waals surface area contributed by atoms with Gasteiger partial charge in [0.25, 0.3) is 0 Å². The van der Waals surface area contributed by atoms with Crippen LogP contribution in [0.4, 0.5) is 5.69 Å². The average Bonchev–Trinajstić information content (AvgIpc) is 2.05. The van der Waals surface area contributed by atoms with E-state index in [1.165, 1.54) is 12.1 Å². The lowest BCUT2D eigenvalue weighted by Crippen LogP contribution is -2.22. The fourth-order valence-electron chi connectivity index (χ4n) is 0.904.